The van der Waals surface area contributed by atoms with Crippen molar-refractivity contribution in [2.24, 2.45) is 0 Å². The molecule has 0 aliphatic heterocycles. The van der Waals surface area contributed by atoms with Crippen LogP contribution in [0.2, 0.25) is 0 Å². The number of pyridine rings is 1. The maximum absolute atomic E-state index is 4.54. The molecule has 0 fully saturated rings. The molecule has 2 rings (SSSR count). The van der Waals surface area contributed by atoms with Crippen molar-refractivity contribution < 1.29 is 0 Å². The number of aromatic nitrogens is 3. The number of hydrogen-bond acceptors (Lipinski definition) is 4. The van der Waals surface area contributed by atoms with E-state index in [-0.39, 0.29) is 6.04 Å². The van der Waals surface area contributed by atoms with Crippen LogP contribution in [0, 0.1) is 13.8 Å². The van der Waals surface area contributed by atoms with Crippen molar-refractivity contribution in [3.63, 3.8) is 0 Å². The smallest absolute Gasteiger partial charge is 0.0943 e. The Morgan fingerprint density at radius 2 is 2.00 bits per heavy atom. The van der Waals surface area contributed by atoms with Gasteiger partial charge in [-0.2, -0.15) is 0 Å². The molecule has 0 radical (unpaired) electrons. The van der Waals surface area contributed by atoms with Crippen molar-refractivity contribution in [1.29, 1.82) is 0 Å². The van der Waals surface area contributed by atoms with E-state index in [0.717, 1.165) is 17.9 Å². The summed E-state index contributed by atoms with van der Waals surface area (Å²) in [5.41, 5.74) is 4.26. The second-order valence-electron chi connectivity index (χ2n) is 4.34. The van der Waals surface area contributed by atoms with E-state index < -0.39 is 0 Å². The van der Waals surface area contributed by atoms with Gasteiger partial charge in [-0.3, -0.25) is 15.0 Å². The summed E-state index contributed by atoms with van der Waals surface area (Å²) in [6.45, 7) is 7.06. The van der Waals surface area contributed by atoms with Gasteiger partial charge in [0.2, 0.25) is 0 Å². The molecule has 0 saturated carbocycles. The van der Waals surface area contributed by atoms with E-state index in [1.54, 1.807) is 18.6 Å². The second kappa shape index (κ2) is 5.69. The lowest BCUT2D eigenvalue weighted by Crippen LogP contribution is -2.24. The topological polar surface area (TPSA) is 50.7 Å². The van der Waals surface area contributed by atoms with Crippen LogP contribution in [0.3, 0.4) is 0 Å². The van der Waals surface area contributed by atoms with Crippen LogP contribution in [0.5, 0.6) is 0 Å². The van der Waals surface area contributed by atoms with E-state index >= 15 is 0 Å². The summed E-state index contributed by atoms with van der Waals surface area (Å²) in [6, 6.07) is 2.15. The fourth-order valence-corrected chi connectivity index (χ4v) is 2.03. The van der Waals surface area contributed by atoms with Gasteiger partial charge in [0, 0.05) is 18.6 Å². The van der Waals surface area contributed by atoms with Gasteiger partial charge in [-0.15, -0.1) is 0 Å². The Hall–Kier alpha value is -1.81. The SMILES string of the molecule is CCNC(c1cnccn1)c1ncc(C)cc1C. The molecule has 0 aliphatic rings. The summed E-state index contributed by atoms with van der Waals surface area (Å²) in [7, 11) is 0. The molecule has 94 valence electrons. The van der Waals surface area contributed by atoms with E-state index in [4.69, 9.17) is 0 Å². The zero-order valence-electron chi connectivity index (χ0n) is 11.0. The Labute approximate surface area is 108 Å². The van der Waals surface area contributed by atoms with Crippen molar-refractivity contribution in [2.45, 2.75) is 26.8 Å². The highest BCUT2D eigenvalue weighted by atomic mass is 15.0. The molecule has 0 aliphatic carbocycles. The lowest BCUT2D eigenvalue weighted by atomic mass is 10.0. The number of rotatable bonds is 4. The van der Waals surface area contributed by atoms with E-state index in [2.05, 4.69) is 40.2 Å². The summed E-state index contributed by atoms with van der Waals surface area (Å²) < 4.78 is 0. The molecular formula is C14H18N4. The van der Waals surface area contributed by atoms with Gasteiger partial charge in [0.05, 0.1) is 23.6 Å². The van der Waals surface area contributed by atoms with Crippen LogP contribution in [-0.2, 0) is 0 Å². The van der Waals surface area contributed by atoms with Gasteiger partial charge in [-0.05, 0) is 31.5 Å². The van der Waals surface area contributed by atoms with Crippen LogP contribution in [0.25, 0.3) is 0 Å². The molecule has 1 atom stereocenters. The number of nitrogens with one attached hydrogen (secondary N) is 1. The maximum Gasteiger partial charge on any atom is 0.0943 e. The molecular weight excluding hydrogens is 224 g/mol. The van der Waals surface area contributed by atoms with Gasteiger partial charge >= 0.3 is 0 Å². The average molecular weight is 242 g/mol. The third-order valence-electron chi connectivity index (χ3n) is 2.82. The Balaban J connectivity index is 2.41. The minimum Gasteiger partial charge on any atom is -0.304 e. The third kappa shape index (κ3) is 2.71. The van der Waals surface area contributed by atoms with Crippen LogP contribution in [0.15, 0.2) is 30.9 Å². The summed E-state index contributed by atoms with van der Waals surface area (Å²) in [4.78, 5) is 13.0. The standard InChI is InChI=1S/C14H18N4/c1-4-16-14(12-9-15-5-6-17-12)13-11(3)7-10(2)8-18-13/h5-9,14,16H,4H2,1-3H3. The van der Waals surface area contributed by atoms with Crippen molar-refractivity contribution in [2.75, 3.05) is 6.54 Å². The van der Waals surface area contributed by atoms with Crippen LogP contribution >= 0.6 is 0 Å². The number of aryl methyl sites for hydroxylation is 2. The molecule has 4 heteroatoms. The first-order valence-electron chi connectivity index (χ1n) is 6.14. The summed E-state index contributed by atoms with van der Waals surface area (Å²) in [5, 5.41) is 3.41. The van der Waals surface area contributed by atoms with Crippen molar-refractivity contribution in [3.05, 3.63) is 53.4 Å². The maximum atomic E-state index is 4.54. The van der Waals surface area contributed by atoms with Gasteiger partial charge < -0.3 is 5.32 Å². The Morgan fingerprint density at radius 3 is 2.61 bits per heavy atom. The first kappa shape index (κ1) is 12.6. The molecule has 2 aromatic rings. The third-order valence-corrected chi connectivity index (χ3v) is 2.82. The predicted octanol–water partition coefficient (Wildman–Crippen LogP) is 2.19. The predicted molar refractivity (Wildman–Crippen MR) is 71.3 cm³/mol. The molecule has 2 heterocycles. The largest absolute Gasteiger partial charge is 0.304 e. The minimum atomic E-state index is 0.00398. The first-order chi connectivity index (χ1) is 8.72. The average Bonchev–Trinajstić information content (AvgIpc) is 2.38. The summed E-state index contributed by atoms with van der Waals surface area (Å²) >= 11 is 0. The summed E-state index contributed by atoms with van der Waals surface area (Å²) in [6.07, 6.45) is 7.07. The molecule has 0 amide bonds. The van der Waals surface area contributed by atoms with Gasteiger partial charge in [0.15, 0.2) is 0 Å². The van der Waals surface area contributed by atoms with E-state index in [1.807, 2.05) is 13.1 Å². The van der Waals surface area contributed by atoms with Crippen LogP contribution in [0.1, 0.15) is 35.5 Å². The molecule has 0 saturated heterocycles. The lowest BCUT2D eigenvalue weighted by molar-refractivity contribution is 0.595. The molecule has 4 nitrogen and oxygen atoms in total. The van der Waals surface area contributed by atoms with Crippen molar-refractivity contribution in [3.8, 4) is 0 Å². The van der Waals surface area contributed by atoms with Crippen molar-refractivity contribution >= 4 is 0 Å². The highest BCUT2D eigenvalue weighted by Gasteiger charge is 2.17. The Kier molecular flexibility index (Phi) is 3.99. The number of nitrogens with zero attached hydrogens (tertiary/aromatic N) is 3. The van der Waals surface area contributed by atoms with Crippen LogP contribution < -0.4 is 5.32 Å². The van der Waals surface area contributed by atoms with Gasteiger partial charge in [-0.1, -0.05) is 13.0 Å². The monoisotopic (exact) mass is 242 g/mol. The molecule has 0 aromatic carbocycles. The molecule has 1 N–H and O–H groups in total. The van der Waals surface area contributed by atoms with Gasteiger partial charge in [0.25, 0.3) is 0 Å². The fraction of sp³-hybridized carbons (Fsp3) is 0.357. The molecule has 0 bridgehead atoms. The minimum absolute atomic E-state index is 0.00398. The quantitative estimate of drug-likeness (QED) is 0.893. The Morgan fingerprint density at radius 1 is 1.17 bits per heavy atom. The fourth-order valence-electron chi connectivity index (χ4n) is 2.03. The van der Waals surface area contributed by atoms with E-state index in [9.17, 15) is 0 Å². The van der Waals surface area contributed by atoms with Gasteiger partial charge in [0.1, 0.15) is 0 Å². The second-order valence-corrected chi connectivity index (χ2v) is 4.34. The highest BCUT2D eigenvalue weighted by molar-refractivity contribution is 5.30. The zero-order valence-corrected chi connectivity index (χ0v) is 11.0. The van der Waals surface area contributed by atoms with Crippen LogP contribution in [0.4, 0.5) is 0 Å². The first-order valence-corrected chi connectivity index (χ1v) is 6.14. The molecule has 18 heavy (non-hydrogen) atoms. The van der Waals surface area contributed by atoms with Gasteiger partial charge in [-0.25, -0.2) is 0 Å². The van der Waals surface area contributed by atoms with Crippen molar-refractivity contribution in [1.82, 2.24) is 20.3 Å². The van der Waals surface area contributed by atoms with Crippen LogP contribution in [-0.4, -0.2) is 21.5 Å². The Bertz CT molecular complexity index is 510. The lowest BCUT2D eigenvalue weighted by Gasteiger charge is -2.18. The summed E-state index contributed by atoms with van der Waals surface area (Å²) in [5.74, 6) is 0. The molecule has 2 aromatic heterocycles. The number of hydrogen-bond donors (Lipinski definition) is 1. The molecule has 1 unspecified atom stereocenters. The molecule has 0 spiro atoms. The highest BCUT2D eigenvalue weighted by Crippen LogP contribution is 2.21. The van der Waals surface area contributed by atoms with E-state index in [0.29, 0.717) is 0 Å². The normalized spacial score (nSPS) is 12.4. The zero-order chi connectivity index (χ0) is 13.0. The van der Waals surface area contributed by atoms with E-state index in [1.165, 1.54) is 11.1 Å².